The fraction of sp³-hybridized carbons (Fsp3) is 0.333. The van der Waals surface area contributed by atoms with E-state index in [1.807, 2.05) is 24.3 Å². The second kappa shape index (κ2) is 3.63. The lowest BCUT2D eigenvalue weighted by atomic mass is 9.80. The van der Waals surface area contributed by atoms with Gasteiger partial charge in [0.2, 0.25) is 11.8 Å². The molecule has 16 heavy (non-hydrogen) atoms. The van der Waals surface area contributed by atoms with Crippen molar-refractivity contribution >= 4 is 17.5 Å². The molecule has 84 valence electrons. The third-order valence-electron chi connectivity index (χ3n) is 3.06. The molecule has 0 saturated carbocycles. The Labute approximate surface area is 94.0 Å². The molecule has 0 radical (unpaired) electrons. The second-order valence-electron chi connectivity index (χ2n) is 4.18. The van der Waals surface area contributed by atoms with Crippen LogP contribution in [0.3, 0.4) is 0 Å². The van der Waals surface area contributed by atoms with Crippen LogP contribution in [0.2, 0.25) is 0 Å². The van der Waals surface area contributed by atoms with Crippen LogP contribution in [0.5, 0.6) is 0 Å². The van der Waals surface area contributed by atoms with Gasteiger partial charge >= 0.3 is 0 Å². The SMILES string of the molecule is CNC(=O)CC1(C)C(=O)Nc2ccccc21. The molecule has 0 aromatic heterocycles. The molecule has 0 bridgehead atoms. The maximum atomic E-state index is 11.9. The van der Waals surface area contributed by atoms with Gasteiger partial charge in [-0.2, -0.15) is 0 Å². The summed E-state index contributed by atoms with van der Waals surface area (Å²) in [4.78, 5) is 23.4. The zero-order valence-electron chi connectivity index (χ0n) is 9.33. The Hall–Kier alpha value is -1.84. The highest BCUT2D eigenvalue weighted by Crippen LogP contribution is 2.39. The van der Waals surface area contributed by atoms with Crippen molar-refractivity contribution < 1.29 is 9.59 Å². The van der Waals surface area contributed by atoms with E-state index in [1.54, 1.807) is 14.0 Å². The Bertz CT molecular complexity index is 456. The molecule has 0 fully saturated rings. The predicted molar refractivity (Wildman–Crippen MR) is 61.1 cm³/mol. The number of hydrogen-bond donors (Lipinski definition) is 2. The van der Waals surface area contributed by atoms with E-state index < -0.39 is 5.41 Å². The first-order valence-corrected chi connectivity index (χ1v) is 5.19. The van der Waals surface area contributed by atoms with E-state index in [0.29, 0.717) is 0 Å². The molecule has 0 saturated heterocycles. The van der Waals surface area contributed by atoms with Crippen LogP contribution in [0.1, 0.15) is 18.9 Å². The molecular formula is C12H14N2O2. The first-order chi connectivity index (χ1) is 7.58. The summed E-state index contributed by atoms with van der Waals surface area (Å²) in [6.45, 7) is 1.80. The lowest BCUT2D eigenvalue weighted by Crippen LogP contribution is -2.36. The highest BCUT2D eigenvalue weighted by Gasteiger charge is 2.43. The van der Waals surface area contributed by atoms with Crippen LogP contribution in [-0.2, 0) is 15.0 Å². The summed E-state index contributed by atoms with van der Waals surface area (Å²) in [5.41, 5.74) is 0.943. The number of fused-ring (bicyclic) bond motifs is 1. The second-order valence-corrected chi connectivity index (χ2v) is 4.18. The fourth-order valence-electron chi connectivity index (χ4n) is 2.04. The number of carbonyl (C=O) groups excluding carboxylic acids is 2. The number of benzene rings is 1. The van der Waals surface area contributed by atoms with Gasteiger partial charge in [-0.05, 0) is 18.6 Å². The molecule has 2 rings (SSSR count). The Morgan fingerprint density at radius 2 is 2.12 bits per heavy atom. The molecule has 2 N–H and O–H groups in total. The minimum atomic E-state index is -0.753. The molecule has 1 atom stereocenters. The van der Waals surface area contributed by atoms with Crippen molar-refractivity contribution in [1.29, 1.82) is 0 Å². The van der Waals surface area contributed by atoms with Crippen LogP contribution < -0.4 is 10.6 Å². The molecule has 1 aliphatic rings. The molecule has 0 aliphatic carbocycles. The summed E-state index contributed by atoms with van der Waals surface area (Å²) in [6, 6.07) is 7.48. The topological polar surface area (TPSA) is 58.2 Å². The number of anilines is 1. The van der Waals surface area contributed by atoms with Crippen LogP contribution in [0, 0.1) is 0 Å². The molecule has 4 heteroatoms. The normalized spacial score (nSPS) is 22.5. The van der Waals surface area contributed by atoms with Crippen molar-refractivity contribution in [3.8, 4) is 0 Å². The first kappa shape index (κ1) is 10.7. The summed E-state index contributed by atoms with van der Waals surface area (Å²) in [5, 5.41) is 5.35. The molecule has 1 aliphatic heterocycles. The van der Waals surface area contributed by atoms with E-state index in [9.17, 15) is 9.59 Å². The highest BCUT2D eigenvalue weighted by atomic mass is 16.2. The van der Waals surface area contributed by atoms with Crippen molar-refractivity contribution in [3.05, 3.63) is 29.8 Å². The summed E-state index contributed by atoms with van der Waals surface area (Å²) < 4.78 is 0. The van der Waals surface area contributed by atoms with Crippen molar-refractivity contribution in [3.63, 3.8) is 0 Å². The average Bonchev–Trinajstić information content (AvgIpc) is 2.52. The van der Waals surface area contributed by atoms with Gasteiger partial charge in [-0.1, -0.05) is 18.2 Å². The fourth-order valence-corrected chi connectivity index (χ4v) is 2.04. The summed E-state index contributed by atoms with van der Waals surface area (Å²) in [7, 11) is 1.57. The molecule has 4 nitrogen and oxygen atoms in total. The Kier molecular flexibility index (Phi) is 2.42. The Balaban J connectivity index is 2.40. The molecule has 2 amide bonds. The van der Waals surface area contributed by atoms with Crippen LogP contribution in [-0.4, -0.2) is 18.9 Å². The smallest absolute Gasteiger partial charge is 0.235 e. The average molecular weight is 218 g/mol. The third-order valence-corrected chi connectivity index (χ3v) is 3.06. The standard InChI is InChI=1S/C12H14N2O2/c1-12(7-10(15)13-2)8-5-3-4-6-9(8)14-11(12)16/h3-6H,7H2,1-2H3,(H,13,15)(H,14,16). The maximum Gasteiger partial charge on any atom is 0.235 e. The summed E-state index contributed by atoms with van der Waals surface area (Å²) in [6.07, 6.45) is 0.173. The number of hydrogen-bond acceptors (Lipinski definition) is 2. The first-order valence-electron chi connectivity index (χ1n) is 5.19. The van der Waals surface area contributed by atoms with Crippen LogP contribution >= 0.6 is 0 Å². The molecule has 1 aromatic rings. The van der Waals surface area contributed by atoms with E-state index in [-0.39, 0.29) is 18.2 Å². The lowest BCUT2D eigenvalue weighted by Gasteiger charge is -2.20. The van der Waals surface area contributed by atoms with E-state index in [4.69, 9.17) is 0 Å². The van der Waals surface area contributed by atoms with E-state index >= 15 is 0 Å². The van der Waals surface area contributed by atoms with E-state index in [0.717, 1.165) is 11.3 Å². The molecular weight excluding hydrogens is 204 g/mol. The van der Waals surface area contributed by atoms with Crippen LogP contribution in [0.15, 0.2) is 24.3 Å². The van der Waals surface area contributed by atoms with Gasteiger partial charge in [0.05, 0.1) is 5.41 Å². The minimum Gasteiger partial charge on any atom is -0.359 e. The molecule has 1 heterocycles. The van der Waals surface area contributed by atoms with Gasteiger partial charge in [0.25, 0.3) is 0 Å². The van der Waals surface area contributed by atoms with Gasteiger partial charge in [-0.3, -0.25) is 9.59 Å². The molecule has 0 spiro atoms. The highest BCUT2D eigenvalue weighted by molar-refractivity contribution is 6.07. The lowest BCUT2D eigenvalue weighted by molar-refractivity contribution is -0.127. The summed E-state index contributed by atoms with van der Waals surface area (Å²) in [5.74, 6) is -0.244. The quantitative estimate of drug-likeness (QED) is 0.779. The van der Waals surface area contributed by atoms with E-state index in [2.05, 4.69) is 10.6 Å². The minimum absolute atomic E-state index is 0.114. The number of nitrogens with one attached hydrogen (secondary N) is 2. The van der Waals surface area contributed by atoms with Gasteiger partial charge in [-0.25, -0.2) is 0 Å². The third kappa shape index (κ3) is 1.46. The number of amides is 2. The van der Waals surface area contributed by atoms with Crippen LogP contribution in [0.4, 0.5) is 5.69 Å². The number of para-hydroxylation sites is 1. The Morgan fingerprint density at radius 3 is 2.81 bits per heavy atom. The number of rotatable bonds is 2. The van der Waals surface area contributed by atoms with Gasteiger partial charge < -0.3 is 10.6 Å². The van der Waals surface area contributed by atoms with Gasteiger partial charge in [0, 0.05) is 19.2 Å². The monoisotopic (exact) mass is 218 g/mol. The zero-order chi connectivity index (χ0) is 11.8. The van der Waals surface area contributed by atoms with Crippen LogP contribution in [0.25, 0.3) is 0 Å². The summed E-state index contributed by atoms with van der Waals surface area (Å²) >= 11 is 0. The van der Waals surface area contributed by atoms with E-state index in [1.165, 1.54) is 0 Å². The van der Waals surface area contributed by atoms with Gasteiger partial charge in [0.15, 0.2) is 0 Å². The largest absolute Gasteiger partial charge is 0.359 e. The predicted octanol–water partition coefficient (Wildman–Crippen LogP) is 1.03. The van der Waals surface area contributed by atoms with Crippen molar-refractivity contribution in [2.24, 2.45) is 0 Å². The van der Waals surface area contributed by atoms with Gasteiger partial charge in [-0.15, -0.1) is 0 Å². The zero-order valence-corrected chi connectivity index (χ0v) is 9.33. The van der Waals surface area contributed by atoms with Crippen molar-refractivity contribution in [2.75, 3.05) is 12.4 Å². The number of carbonyl (C=O) groups is 2. The van der Waals surface area contributed by atoms with Crippen molar-refractivity contribution in [1.82, 2.24) is 5.32 Å². The van der Waals surface area contributed by atoms with Gasteiger partial charge in [0.1, 0.15) is 0 Å². The Morgan fingerprint density at radius 1 is 1.44 bits per heavy atom. The maximum absolute atomic E-state index is 11.9. The molecule has 1 aromatic carbocycles. The molecule has 1 unspecified atom stereocenters. The van der Waals surface area contributed by atoms with Crippen molar-refractivity contribution in [2.45, 2.75) is 18.8 Å².